The fraction of sp³-hybridized carbons (Fsp3) is 0.200. The highest BCUT2D eigenvalue weighted by Gasteiger charge is 2.19. The number of carbonyl (C=O) groups is 2. The Morgan fingerprint density at radius 1 is 1.00 bits per heavy atom. The number of hydrogen-bond donors (Lipinski definition) is 0. The smallest absolute Gasteiger partial charge is 0.246 e. The lowest BCUT2D eigenvalue weighted by Crippen LogP contribution is -2.31. The molecule has 3 heteroatoms. The molecule has 0 saturated carbocycles. The molecule has 0 radical (unpaired) electrons. The van der Waals surface area contributed by atoms with E-state index >= 15 is 0 Å². The quantitative estimate of drug-likeness (QED) is 0.735. The van der Waals surface area contributed by atoms with Gasteiger partial charge in [0.05, 0.1) is 6.54 Å². The molecule has 0 atom stereocenters. The van der Waals surface area contributed by atoms with Gasteiger partial charge in [-0.15, -0.1) is 0 Å². The maximum Gasteiger partial charge on any atom is 0.246 e. The molecule has 0 aliphatic carbocycles. The van der Waals surface area contributed by atoms with Crippen LogP contribution in [0.25, 0.3) is 0 Å². The first-order valence-electron chi connectivity index (χ1n) is 7.61. The first kappa shape index (κ1) is 16.7. The van der Waals surface area contributed by atoms with E-state index in [1.165, 1.54) is 11.0 Å². The third kappa shape index (κ3) is 4.65. The maximum atomic E-state index is 12.4. The van der Waals surface area contributed by atoms with Crippen molar-refractivity contribution in [2.45, 2.75) is 12.3 Å². The summed E-state index contributed by atoms with van der Waals surface area (Å²) < 4.78 is 0. The number of amides is 1. The van der Waals surface area contributed by atoms with Gasteiger partial charge in [-0.25, -0.2) is 0 Å². The first-order valence-corrected chi connectivity index (χ1v) is 7.61. The molecule has 0 N–H and O–H groups in total. The minimum Gasteiger partial charge on any atom is -0.335 e. The van der Waals surface area contributed by atoms with Crippen LogP contribution >= 0.6 is 0 Å². The minimum absolute atomic E-state index is 0.00265. The van der Waals surface area contributed by atoms with E-state index in [-0.39, 0.29) is 24.2 Å². The van der Waals surface area contributed by atoms with E-state index < -0.39 is 0 Å². The monoisotopic (exact) mass is 307 g/mol. The second kappa shape index (κ2) is 8.08. The highest BCUT2D eigenvalue weighted by molar-refractivity contribution is 5.91. The summed E-state index contributed by atoms with van der Waals surface area (Å²) in [4.78, 5) is 25.3. The van der Waals surface area contributed by atoms with Gasteiger partial charge in [0, 0.05) is 19.4 Å². The van der Waals surface area contributed by atoms with Gasteiger partial charge in [-0.1, -0.05) is 67.2 Å². The number of likely N-dealkylation sites (N-methyl/N-ethyl adjacent to an activating group) is 1. The van der Waals surface area contributed by atoms with E-state index in [0.29, 0.717) is 6.42 Å². The molecule has 0 fully saturated rings. The molecule has 0 heterocycles. The Bertz CT molecular complexity index is 625. The molecule has 0 aliphatic heterocycles. The molecule has 0 spiro atoms. The van der Waals surface area contributed by atoms with E-state index in [1.807, 2.05) is 60.7 Å². The lowest BCUT2D eigenvalue weighted by atomic mass is 9.87. The van der Waals surface area contributed by atoms with E-state index in [2.05, 4.69) is 6.58 Å². The lowest BCUT2D eigenvalue weighted by molar-refractivity contribution is -0.130. The van der Waals surface area contributed by atoms with Crippen LogP contribution in [0.5, 0.6) is 0 Å². The molecule has 0 aliphatic rings. The molecule has 118 valence electrons. The Morgan fingerprint density at radius 2 is 1.48 bits per heavy atom. The highest BCUT2D eigenvalue weighted by Crippen LogP contribution is 2.28. The fourth-order valence-electron chi connectivity index (χ4n) is 2.59. The number of benzene rings is 2. The Balaban J connectivity index is 2.17. The average Bonchev–Trinajstić information content (AvgIpc) is 2.60. The van der Waals surface area contributed by atoms with Gasteiger partial charge in [0.25, 0.3) is 0 Å². The Morgan fingerprint density at radius 3 is 1.91 bits per heavy atom. The topological polar surface area (TPSA) is 37.4 Å². The van der Waals surface area contributed by atoms with Crippen LogP contribution in [0.3, 0.4) is 0 Å². The Labute approximate surface area is 137 Å². The standard InChI is InChI=1S/C20H21NO2/c1-3-20(23)21(2)15-18(22)14-19(16-10-6-4-7-11-16)17-12-8-5-9-13-17/h3-13,19H,1,14-15H2,2H3. The molecule has 0 unspecified atom stereocenters. The lowest BCUT2D eigenvalue weighted by Gasteiger charge is -2.20. The van der Waals surface area contributed by atoms with Crippen LogP contribution in [0.15, 0.2) is 73.3 Å². The van der Waals surface area contributed by atoms with Crippen molar-refractivity contribution in [3.63, 3.8) is 0 Å². The van der Waals surface area contributed by atoms with Crippen molar-refractivity contribution in [1.29, 1.82) is 0 Å². The van der Waals surface area contributed by atoms with Crippen LogP contribution in [-0.4, -0.2) is 30.2 Å². The number of ketones is 1. The molecule has 2 rings (SSSR count). The van der Waals surface area contributed by atoms with Crippen LogP contribution in [0.4, 0.5) is 0 Å². The third-order valence-electron chi connectivity index (χ3n) is 3.80. The second-order valence-corrected chi connectivity index (χ2v) is 5.52. The van der Waals surface area contributed by atoms with Crippen LogP contribution in [0.1, 0.15) is 23.5 Å². The van der Waals surface area contributed by atoms with Gasteiger partial charge in [0.1, 0.15) is 0 Å². The zero-order valence-corrected chi connectivity index (χ0v) is 13.3. The van der Waals surface area contributed by atoms with Crippen LogP contribution in [0, 0.1) is 0 Å². The van der Waals surface area contributed by atoms with Crippen molar-refractivity contribution in [2.75, 3.05) is 13.6 Å². The van der Waals surface area contributed by atoms with Crippen molar-refractivity contribution >= 4 is 11.7 Å². The Hall–Kier alpha value is -2.68. The minimum atomic E-state index is -0.241. The van der Waals surface area contributed by atoms with E-state index in [4.69, 9.17) is 0 Å². The van der Waals surface area contributed by atoms with Crippen molar-refractivity contribution in [3.05, 3.63) is 84.4 Å². The molecule has 0 saturated heterocycles. The number of hydrogen-bond acceptors (Lipinski definition) is 2. The molecule has 2 aromatic rings. The van der Waals surface area contributed by atoms with E-state index in [9.17, 15) is 9.59 Å². The molecule has 0 aromatic heterocycles. The number of nitrogens with zero attached hydrogens (tertiary/aromatic N) is 1. The summed E-state index contributed by atoms with van der Waals surface area (Å²) in [6.45, 7) is 3.54. The number of Topliss-reactive ketones (excluding diaryl/α,β-unsaturated/α-hetero) is 1. The molecular weight excluding hydrogens is 286 g/mol. The summed E-state index contributed by atoms with van der Waals surface area (Å²) in [7, 11) is 1.61. The molecule has 3 nitrogen and oxygen atoms in total. The summed E-state index contributed by atoms with van der Waals surface area (Å²) in [5.74, 6) is -0.216. The van der Waals surface area contributed by atoms with Gasteiger partial charge in [-0.3, -0.25) is 9.59 Å². The van der Waals surface area contributed by atoms with Gasteiger partial charge < -0.3 is 4.90 Å². The largest absolute Gasteiger partial charge is 0.335 e. The van der Waals surface area contributed by atoms with Gasteiger partial charge >= 0.3 is 0 Å². The summed E-state index contributed by atoms with van der Waals surface area (Å²) in [5, 5.41) is 0. The van der Waals surface area contributed by atoms with Crippen molar-refractivity contribution < 1.29 is 9.59 Å². The third-order valence-corrected chi connectivity index (χ3v) is 3.80. The number of carbonyl (C=O) groups excluding carboxylic acids is 2. The first-order chi connectivity index (χ1) is 11.1. The van der Waals surface area contributed by atoms with E-state index in [1.54, 1.807) is 7.05 Å². The van der Waals surface area contributed by atoms with E-state index in [0.717, 1.165) is 11.1 Å². The predicted molar refractivity (Wildman–Crippen MR) is 92.2 cm³/mol. The molecule has 0 bridgehead atoms. The fourth-order valence-corrected chi connectivity index (χ4v) is 2.59. The molecular formula is C20H21NO2. The zero-order valence-electron chi connectivity index (χ0n) is 13.3. The van der Waals surface area contributed by atoms with Crippen LogP contribution in [0.2, 0.25) is 0 Å². The van der Waals surface area contributed by atoms with Gasteiger partial charge in [-0.2, -0.15) is 0 Å². The second-order valence-electron chi connectivity index (χ2n) is 5.52. The summed E-state index contributed by atoms with van der Waals surface area (Å²) >= 11 is 0. The van der Waals surface area contributed by atoms with Crippen LogP contribution in [-0.2, 0) is 9.59 Å². The molecule has 23 heavy (non-hydrogen) atoms. The van der Waals surface area contributed by atoms with Crippen molar-refractivity contribution in [1.82, 2.24) is 4.90 Å². The van der Waals surface area contributed by atoms with Crippen LogP contribution < -0.4 is 0 Å². The molecule has 2 aromatic carbocycles. The van der Waals surface area contributed by atoms with Crippen molar-refractivity contribution in [3.8, 4) is 0 Å². The van der Waals surface area contributed by atoms with Crippen molar-refractivity contribution in [2.24, 2.45) is 0 Å². The molecule has 1 amide bonds. The summed E-state index contributed by atoms with van der Waals surface area (Å²) in [6, 6.07) is 20.0. The zero-order chi connectivity index (χ0) is 16.7. The Kier molecular flexibility index (Phi) is 5.87. The average molecular weight is 307 g/mol. The number of rotatable bonds is 7. The SMILES string of the molecule is C=CC(=O)N(C)CC(=O)CC(c1ccccc1)c1ccccc1. The normalized spacial score (nSPS) is 10.3. The summed E-state index contributed by atoms with van der Waals surface area (Å²) in [6.07, 6.45) is 1.59. The summed E-state index contributed by atoms with van der Waals surface area (Å²) in [5.41, 5.74) is 2.20. The maximum absolute atomic E-state index is 12.4. The van der Waals surface area contributed by atoms with Gasteiger partial charge in [-0.05, 0) is 17.2 Å². The van der Waals surface area contributed by atoms with Gasteiger partial charge in [0.15, 0.2) is 5.78 Å². The van der Waals surface area contributed by atoms with Gasteiger partial charge in [0.2, 0.25) is 5.91 Å². The highest BCUT2D eigenvalue weighted by atomic mass is 16.2. The predicted octanol–water partition coefficient (Wildman–Crippen LogP) is 3.42.